The molecule has 4 aliphatic carbocycles. The van der Waals surface area contributed by atoms with Crippen molar-refractivity contribution in [2.24, 2.45) is 0 Å². The molecule has 0 bridgehead atoms. The largest absolute Gasteiger partial charge is 0 e. The van der Waals surface area contributed by atoms with E-state index in [0.717, 1.165) is 22.6 Å². The fourth-order valence-corrected chi connectivity index (χ4v) is 10.0. The van der Waals surface area contributed by atoms with Crippen molar-refractivity contribution in [3.05, 3.63) is 0 Å². The van der Waals surface area contributed by atoms with Crippen LogP contribution in [0.1, 0.15) is 128 Å². The van der Waals surface area contributed by atoms with Crippen LogP contribution in [0, 0.1) is 0 Å². The van der Waals surface area contributed by atoms with Crippen molar-refractivity contribution in [3.63, 3.8) is 0 Å². The summed E-state index contributed by atoms with van der Waals surface area (Å²) in [6.07, 6.45) is 30.9. The van der Waals surface area contributed by atoms with E-state index in [0.29, 0.717) is 0 Å². The molecule has 0 nitrogen and oxygen atoms in total. The monoisotopic (exact) mass is 908 g/mol. The molecule has 0 unspecified atom stereocenters. The van der Waals surface area contributed by atoms with Crippen molar-refractivity contribution < 1.29 is 118 Å². The van der Waals surface area contributed by atoms with Gasteiger partial charge >= 0.3 is 35.0 Å². The molecule has 4 fully saturated rings. The normalized spacial score (nSPS) is 21.2. The van der Waals surface area contributed by atoms with Gasteiger partial charge < -0.3 is 0 Å². The molecule has 0 aliphatic heterocycles. The van der Waals surface area contributed by atoms with Gasteiger partial charge in [-0.2, -0.15) is 0 Å². The molecular formula is C24H46Cl2Fe6P2Pd. The zero-order chi connectivity index (χ0) is 20.6. The van der Waals surface area contributed by atoms with Gasteiger partial charge in [-0.3, -0.25) is 0 Å². The number of hydrogen-bond donors (Lipinski definition) is 0. The zero-order valence-corrected chi connectivity index (χ0v) is 32.3. The molecule has 0 heterocycles. The summed E-state index contributed by atoms with van der Waals surface area (Å²) in [6.45, 7) is 0. The minimum atomic E-state index is -0.106. The maximum Gasteiger partial charge on any atom is 0 e. The van der Waals surface area contributed by atoms with Crippen LogP contribution in [-0.2, 0) is 118 Å². The topological polar surface area (TPSA) is 0 Å². The fourth-order valence-electron chi connectivity index (χ4n) is 5.74. The third-order valence-corrected chi connectivity index (χ3v) is 11.6. The summed E-state index contributed by atoms with van der Waals surface area (Å²) in [5.74, 6) is 0. The van der Waals surface area contributed by atoms with E-state index in [9.17, 15) is 0 Å². The summed E-state index contributed by atoms with van der Waals surface area (Å²) in [4.78, 5) is 0. The fraction of sp³-hybridized carbons (Fsp3) is 1.00. The first-order valence-electron chi connectivity index (χ1n) is 12.7. The van der Waals surface area contributed by atoms with E-state index < -0.39 is 0 Å². The van der Waals surface area contributed by atoms with E-state index >= 15 is 0 Å². The summed E-state index contributed by atoms with van der Waals surface area (Å²) in [5.41, 5.74) is 4.60. The van der Waals surface area contributed by atoms with Crippen LogP contribution in [0.4, 0.5) is 0 Å². The van der Waals surface area contributed by atoms with Crippen molar-refractivity contribution in [2.45, 2.75) is 151 Å². The van der Waals surface area contributed by atoms with Crippen LogP contribution in [0.5, 0.6) is 0 Å². The van der Waals surface area contributed by atoms with E-state index in [4.69, 9.17) is 19.1 Å². The van der Waals surface area contributed by atoms with Gasteiger partial charge in [0.2, 0.25) is 0 Å². The third kappa shape index (κ3) is 26.6. The van der Waals surface area contributed by atoms with Crippen LogP contribution < -0.4 is 0 Å². The van der Waals surface area contributed by atoms with Crippen LogP contribution in [0.25, 0.3) is 0 Å². The molecule has 35 heavy (non-hydrogen) atoms. The average molecular weight is 909 g/mol. The zero-order valence-electron chi connectivity index (χ0n) is 20.6. The molecule has 0 aromatic heterocycles. The predicted octanol–water partition coefficient (Wildman–Crippen LogP) is 10.0. The van der Waals surface area contributed by atoms with E-state index in [-0.39, 0.29) is 118 Å². The van der Waals surface area contributed by atoms with Crippen molar-refractivity contribution in [1.29, 1.82) is 0 Å². The molecular weight excluding hydrogens is 863 g/mol. The Kier molecular flexibility index (Phi) is 50.5. The number of rotatable bonds is 4. The molecule has 4 rings (SSSR count). The second-order valence-electron chi connectivity index (χ2n) is 9.72. The molecule has 0 atom stereocenters. The van der Waals surface area contributed by atoms with Crippen LogP contribution in [0.15, 0.2) is 0 Å². The molecule has 224 valence electrons. The molecule has 0 saturated heterocycles. The SMILES string of the molecule is C1CCC(PC2CCCCC2)CC1.C1CCC(PC2CCCCC2)CC1.[Cl][Pd][Cl].[Fe].[Fe].[Fe].[Fe].[Fe].[Fe]. The Labute approximate surface area is 301 Å². The molecule has 0 aromatic carbocycles. The summed E-state index contributed by atoms with van der Waals surface area (Å²) < 4.78 is 0. The van der Waals surface area contributed by atoms with Gasteiger partial charge in [0.25, 0.3) is 0 Å². The second kappa shape index (κ2) is 35.4. The molecule has 11 heteroatoms. The van der Waals surface area contributed by atoms with Crippen molar-refractivity contribution in [2.75, 3.05) is 0 Å². The Morgan fingerprint density at radius 2 is 0.486 bits per heavy atom. The Balaban J connectivity index is -0.000000134. The number of halogens is 2. The quantitative estimate of drug-likeness (QED) is 0.195. The Hall–Kier alpha value is 5.22. The maximum absolute atomic E-state index is 4.81. The number of hydrogen-bond acceptors (Lipinski definition) is 0. The Morgan fingerprint density at radius 3 is 0.629 bits per heavy atom. The Morgan fingerprint density at radius 1 is 0.343 bits per heavy atom. The predicted molar refractivity (Wildman–Crippen MR) is 136 cm³/mol. The molecule has 0 spiro atoms. The van der Waals surface area contributed by atoms with Crippen molar-refractivity contribution in [1.82, 2.24) is 0 Å². The van der Waals surface area contributed by atoms with Gasteiger partial charge in [-0.1, -0.05) is 77.0 Å². The van der Waals surface area contributed by atoms with Gasteiger partial charge in [0.05, 0.1) is 0 Å². The van der Waals surface area contributed by atoms with Crippen LogP contribution >= 0.6 is 36.2 Å². The average Bonchev–Trinajstić information content (AvgIpc) is 2.78. The van der Waals surface area contributed by atoms with Gasteiger partial charge in [0.15, 0.2) is 0 Å². The standard InChI is InChI=1S/2C12H23P.2ClH.6Fe.Pd/c2*1-3-7-11(8-4-1)13-12-9-5-2-6-10-12;;;;;;;;;/h2*11-13H,1-10H2;2*1H;;;;;;;/q;;;;;;;;;;+2/p-2. The third-order valence-electron chi connectivity index (χ3n) is 7.36. The van der Waals surface area contributed by atoms with Crippen molar-refractivity contribution in [3.8, 4) is 0 Å². The minimum Gasteiger partial charge on any atom is 0 e. The summed E-state index contributed by atoms with van der Waals surface area (Å²) in [5, 5.41) is 0. The summed E-state index contributed by atoms with van der Waals surface area (Å²) >= 11 is -0.106. The van der Waals surface area contributed by atoms with Gasteiger partial charge in [-0.15, -0.1) is 17.2 Å². The van der Waals surface area contributed by atoms with Gasteiger partial charge in [0, 0.05) is 102 Å². The van der Waals surface area contributed by atoms with E-state index in [1.807, 2.05) is 0 Å². The Bertz CT molecular complexity index is 319. The van der Waals surface area contributed by atoms with Gasteiger partial charge in [-0.25, -0.2) is 0 Å². The van der Waals surface area contributed by atoms with Crippen LogP contribution in [0.2, 0.25) is 0 Å². The van der Waals surface area contributed by atoms with Gasteiger partial charge in [-0.05, 0) is 74.0 Å². The summed E-state index contributed by atoms with van der Waals surface area (Å²) in [6, 6.07) is 0. The summed E-state index contributed by atoms with van der Waals surface area (Å²) in [7, 11) is 12.3. The smallest absolute Gasteiger partial charge is 0 e. The van der Waals surface area contributed by atoms with Gasteiger partial charge in [0.1, 0.15) is 0 Å². The maximum atomic E-state index is 4.81. The molecule has 0 amide bonds. The van der Waals surface area contributed by atoms with E-state index in [1.165, 1.54) is 94.2 Å². The first-order valence-corrected chi connectivity index (χ1v) is 19.0. The van der Waals surface area contributed by atoms with E-state index in [2.05, 4.69) is 0 Å². The molecule has 0 aromatic rings. The van der Waals surface area contributed by atoms with Crippen LogP contribution in [0.3, 0.4) is 0 Å². The molecule has 4 saturated carbocycles. The molecule has 0 N–H and O–H groups in total. The molecule has 0 radical (unpaired) electrons. The first-order chi connectivity index (χ1) is 14.3. The van der Waals surface area contributed by atoms with Crippen LogP contribution in [-0.4, -0.2) is 22.6 Å². The van der Waals surface area contributed by atoms with E-state index in [1.54, 1.807) is 51.4 Å². The second-order valence-corrected chi connectivity index (χ2v) is 16.0. The molecule has 4 aliphatic rings. The minimum absolute atomic E-state index is 0. The van der Waals surface area contributed by atoms with Crippen molar-refractivity contribution >= 4 is 36.2 Å². The first kappa shape index (κ1) is 49.9.